The third-order valence-electron chi connectivity index (χ3n) is 5.16. The fourth-order valence-corrected chi connectivity index (χ4v) is 3.55. The molecule has 0 aromatic heterocycles. The Hall–Kier alpha value is -0.830. The Bertz CT molecular complexity index is 344. The Morgan fingerprint density at radius 1 is 1.24 bits per heavy atom. The number of carboxylic acids is 1. The maximum absolute atomic E-state index is 10.5. The van der Waals surface area contributed by atoms with Crippen LogP contribution in [0.2, 0.25) is 0 Å². The first-order valence-electron chi connectivity index (χ1n) is 8.27. The number of aliphatic hydroxyl groups excluding tert-OH is 1. The fourth-order valence-electron chi connectivity index (χ4n) is 3.55. The summed E-state index contributed by atoms with van der Waals surface area (Å²) in [5, 5.41) is 18.0. The zero-order valence-corrected chi connectivity index (χ0v) is 13.9. The quantitative estimate of drug-likeness (QED) is 0.684. The molecule has 0 amide bonds. The summed E-state index contributed by atoms with van der Waals surface area (Å²) in [6, 6.07) is 0. The molecule has 122 valence electrons. The van der Waals surface area contributed by atoms with E-state index in [-0.39, 0.29) is 18.4 Å². The monoisotopic (exact) mass is 296 g/mol. The van der Waals surface area contributed by atoms with Gasteiger partial charge in [-0.25, -0.2) is 0 Å². The van der Waals surface area contributed by atoms with Gasteiger partial charge in [0.05, 0.1) is 0 Å². The highest BCUT2D eigenvalue weighted by Crippen LogP contribution is 2.48. The van der Waals surface area contributed by atoms with E-state index in [1.54, 1.807) is 0 Å². The van der Waals surface area contributed by atoms with Crippen LogP contribution >= 0.6 is 0 Å². The van der Waals surface area contributed by atoms with Gasteiger partial charge < -0.3 is 10.2 Å². The van der Waals surface area contributed by atoms with Crippen LogP contribution in [0.3, 0.4) is 0 Å². The van der Waals surface area contributed by atoms with Crippen LogP contribution < -0.4 is 0 Å². The third kappa shape index (κ3) is 6.21. The topological polar surface area (TPSA) is 57.5 Å². The van der Waals surface area contributed by atoms with Crippen molar-refractivity contribution < 1.29 is 15.0 Å². The van der Waals surface area contributed by atoms with Crippen LogP contribution in [-0.4, -0.2) is 22.8 Å². The van der Waals surface area contributed by atoms with Gasteiger partial charge in [-0.05, 0) is 61.7 Å². The van der Waals surface area contributed by atoms with Crippen molar-refractivity contribution >= 4 is 5.97 Å². The molecule has 0 saturated heterocycles. The highest BCUT2D eigenvalue weighted by Gasteiger charge is 2.37. The summed E-state index contributed by atoms with van der Waals surface area (Å²) in [5.41, 5.74) is 0.610. The van der Waals surface area contributed by atoms with Crippen molar-refractivity contribution in [1.29, 1.82) is 0 Å². The second kappa shape index (κ2) is 7.98. The molecule has 0 heterocycles. The number of hydrogen-bond donors (Lipinski definition) is 2. The Morgan fingerprint density at radius 3 is 2.33 bits per heavy atom. The minimum atomic E-state index is -0.740. The predicted octanol–water partition coefficient (Wildman–Crippen LogP) is 4.40. The lowest BCUT2D eigenvalue weighted by Gasteiger charge is -2.44. The Morgan fingerprint density at radius 2 is 1.86 bits per heavy atom. The highest BCUT2D eigenvalue weighted by molar-refractivity contribution is 5.66. The van der Waals surface area contributed by atoms with Crippen molar-refractivity contribution in [2.45, 2.75) is 72.1 Å². The SMILES string of the molecule is CC(C)(C)C1CCC(C/C=C\CCC(=O)O)(CCO)CC1. The molecule has 1 aliphatic rings. The molecule has 1 aliphatic carbocycles. The molecule has 0 unspecified atom stereocenters. The van der Waals surface area contributed by atoms with Crippen LogP contribution in [0.1, 0.15) is 72.1 Å². The first kappa shape index (κ1) is 18.2. The Kier molecular flexibility index (Phi) is 6.92. The van der Waals surface area contributed by atoms with Gasteiger partial charge >= 0.3 is 5.97 Å². The summed E-state index contributed by atoms with van der Waals surface area (Å²) < 4.78 is 0. The molecular weight excluding hydrogens is 264 g/mol. The standard InChI is InChI=1S/C18H32O3/c1-17(2,3)15-8-11-18(12-9-15,13-14-19)10-6-4-5-7-16(20)21/h4,6,15,19H,5,7-14H2,1-3H3,(H,20,21)/b6-4-. The summed E-state index contributed by atoms with van der Waals surface area (Å²) >= 11 is 0. The van der Waals surface area contributed by atoms with Crippen LogP contribution in [0, 0.1) is 16.7 Å². The van der Waals surface area contributed by atoms with E-state index in [1.165, 1.54) is 25.7 Å². The molecule has 0 radical (unpaired) electrons. The number of hydrogen-bond acceptors (Lipinski definition) is 2. The molecule has 2 N–H and O–H groups in total. The maximum Gasteiger partial charge on any atom is 0.303 e. The number of carbonyl (C=O) groups is 1. The van der Waals surface area contributed by atoms with Crippen molar-refractivity contribution in [3.63, 3.8) is 0 Å². The predicted molar refractivity (Wildman–Crippen MR) is 86.2 cm³/mol. The minimum Gasteiger partial charge on any atom is -0.481 e. The third-order valence-corrected chi connectivity index (χ3v) is 5.16. The Labute approximate surface area is 129 Å². The first-order valence-corrected chi connectivity index (χ1v) is 8.27. The van der Waals surface area contributed by atoms with Gasteiger partial charge in [-0.3, -0.25) is 4.79 Å². The van der Waals surface area contributed by atoms with Gasteiger partial charge in [0.15, 0.2) is 0 Å². The molecule has 3 nitrogen and oxygen atoms in total. The van der Waals surface area contributed by atoms with E-state index in [1.807, 2.05) is 6.08 Å². The lowest BCUT2D eigenvalue weighted by atomic mass is 9.62. The van der Waals surface area contributed by atoms with Crippen LogP contribution in [-0.2, 0) is 4.79 Å². The molecule has 21 heavy (non-hydrogen) atoms. The van der Waals surface area contributed by atoms with Gasteiger partial charge in [0.1, 0.15) is 0 Å². The van der Waals surface area contributed by atoms with Gasteiger partial charge in [0.2, 0.25) is 0 Å². The summed E-state index contributed by atoms with van der Waals surface area (Å²) in [6.45, 7) is 7.22. The van der Waals surface area contributed by atoms with E-state index in [4.69, 9.17) is 5.11 Å². The molecule has 0 spiro atoms. The maximum atomic E-state index is 10.5. The zero-order chi connectivity index (χ0) is 15.9. The molecule has 0 aromatic rings. The number of carboxylic acid groups (broad SMARTS) is 1. The van der Waals surface area contributed by atoms with Crippen molar-refractivity contribution in [1.82, 2.24) is 0 Å². The van der Waals surface area contributed by atoms with E-state index >= 15 is 0 Å². The van der Waals surface area contributed by atoms with Crippen molar-refractivity contribution in [3.8, 4) is 0 Å². The molecular formula is C18H32O3. The van der Waals surface area contributed by atoms with E-state index in [0.29, 0.717) is 11.8 Å². The van der Waals surface area contributed by atoms with Crippen LogP contribution in [0.25, 0.3) is 0 Å². The Balaban J connectivity index is 2.51. The van der Waals surface area contributed by atoms with Crippen LogP contribution in [0.15, 0.2) is 12.2 Å². The lowest BCUT2D eigenvalue weighted by Crippen LogP contribution is -2.33. The van der Waals surface area contributed by atoms with E-state index in [9.17, 15) is 9.90 Å². The molecule has 1 rings (SSSR count). The number of rotatable bonds is 7. The van der Waals surface area contributed by atoms with E-state index in [0.717, 1.165) is 18.8 Å². The van der Waals surface area contributed by atoms with Gasteiger partial charge in [0, 0.05) is 13.0 Å². The summed E-state index contributed by atoms with van der Waals surface area (Å²) in [7, 11) is 0. The fraction of sp³-hybridized carbons (Fsp3) is 0.833. The van der Waals surface area contributed by atoms with Crippen molar-refractivity contribution in [2.24, 2.45) is 16.7 Å². The zero-order valence-electron chi connectivity index (χ0n) is 13.9. The molecule has 1 saturated carbocycles. The lowest BCUT2D eigenvalue weighted by molar-refractivity contribution is -0.136. The van der Waals surface area contributed by atoms with Gasteiger partial charge in [0.25, 0.3) is 0 Å². The average Bonchev–Trinajstić information content (AvgIpc) is 2.38. The minimum absolute atomic E-state index is 0.204. The first-order chi connectivity index (χ1) is 9.79. The normalized spacial score (nSPS) is 27.1. The molecule has 0 atom stereocenters. The summed E-state index contributed by atoms with van der Waals surface area (Å²) in [4.78, 5) is 10.5. The molecule has 0 bridgehead atoms. The van der Waals surface area contributed by atoms with Gasteiger partial charge in [-0.1, -0.05) is 32.9 Å². The number of aliphatic carboxylic acids is 1. The highest BCUT2D eigenvalue weighted by atomic mass is 16.4. The van der Waals surface area contributed by atoms with E-state index < -0.39 is 5.97 Å². The van der Waals surface area contributed by atoms with Crippen LogP contribution in [0.4, 0.5) is 0 Å². The molecule has 1 fully saturated rings. The van der Waals surface area contributed by atoms with Gasteiger partial charge in [-0.2, -0.15) is 0 Å². The summed E-state index contributed by atoms with van der Waals surface area (Å²) in [5.74, 6) is 0.0377. The largest absolute Gasteiger partial charge is 0.481 e. The second-order valence-electron chi connectivity index (χ2n) is 7.72. The van der Waals surface area contributed by atoms with Crippen molar-refractivity contribution in [2.75, 3.05) is 6.61 Å². The average molecular weight is 296 g/mol. The van der Waals surface area contributed by atoms with Crippen molar-refractivity contribution in [3.05, 3.63) is 12.2 Å². The van der Waals surface area contributed by atoms with Crippen LogP contribution in [0.5, 0.6) is 0 Å². The van der Waals surface area contributed by atoms with Gasteiger partial charge in [-0.15, -0.1) is 0 Å². The molecule has 0 aliphatic heterocycles. The number of aliphatic hydroxyl groups is 1. The smallest absolute Gasteiger partial charge is 0.303 e. The molecule has 0 aromatic carbocycles. The molecule has 3 heteroatoms. The number of allylic oxidation sites excluding steroid dienone is 2. The second-order valence-corrected chi connectivity index (χ2v) is 7.72. The van der Waals surface area contributed by atoms with E-state index in [2.05, 4.69) is 26.8 Å². The summed E-state index contributed by atoms with van der Waals surface area (Å²) in [6.07, 6.45) is 11.6.